The average Bonchev–Trinajstić information content (AvgIpc) is 3.72. The molecule has 2 aliphatic rings. The van der Waals surface area contributed by atoms with Crippen LogP contribution in [0.15, 0.2) is 127 Å². The van der Waals surface area contributed by atoms with Crippen molar-refractivity contribution in [3.8, 4) is 28.8 Å². The Hall–Kier alpha value is -6.05. The van der Waals surface area contributed by atoms with E-state index in [1.165, 1.54) is 0 Å². The number of hydrogen-bond acceptors (Lipinski definition) is 7. The molecule has 0 bridgehead atoms. The summed E-state index contributed by atoms with van der Waals surface area (Å²) in [6, 6.07) is 35.2. The number of rotatable bonds is 8. The van der Waals surface area contributed by atoms with Gasteiger partial charge in [0.1, 0.15) is 24.0 Å². The van der Waals surface area contributed by atoms with Crippen LogP contribution in [-0.4, -0.2) is 52.5 Å². The SMILES string of the molecule is Cc1cc(-c2nn(-c3ccccc3)cc2/C=C2\C(=O)N(C3CCS(=O)(=O)C3)C(=O)C(C#N)=C2c2ccccc2)ccc1OCc1ccccc1. The first kappa shape index (κ1) is 32.5. The zero-order chi connectivity index (χ0) is 34.8. The minimum absolute atomic E-state index is 0.102. The molecule has 1 unspecified atom stereocenters. The van der Waals surface area contributed by atoms with E-state index in [1.54, 1.807) is 47.3 Å². The number of sulfone groups is 1. The van der Waals surface area contributed by atoms with Crippen LogP contribution in [0, 0.1) is 18.3 Å². The summed E-state index contributed by atoms with van der Waals surface area (Å²) in [7, 11) is -3.44. The Morgan fingerprint density at radius 1 is 0.900 bits per heavy atom. The number of nitriles is 1. The van der Waals surface area contributed by atoms with Crippen LogP contribution in [-0.2, 0) is 26.0 Å². The molecule has 3 heterocycles. The molecule has 0 saturated carbocycles. The van der Waals surface area contributed by atoms with Gasteiger partial charge in [-0.2, -0.15) is 10.4 Å². The maximum atomic E-state index is 14.5. The lowest BCUT2D eigenvalue weighted by molar-refractivity contribution is -0.142. The maximum Gasteiger partial charge on any atom is 0.272 e. The van der Waals surface area contributed by atoms with E-state index in [2.05, 4.69) is 0 Å². The van der Waals surface area contributed by atoms with E-state index in [4.69, 9.17) is 9.84 Å². The van der Waals surface area contributed by atoms with Gasteiger partial charge in [0.2, 0.25) is 0 Å². The number of para-hydroxylation sites is 1. The molecular weight excluding hydrogens is 649 g/mol. The average molecular weight is 681 g/mol. The van der Waals surface area contributed by atoms with Crippen molar-refractivity contribution >= 4 is 33.3 Å². The maximum absolute atomic E-state index is 14.5. The van der Waals surface area contributed by atoms with E-state index in [0.717, 1.165) is 33.0 Å². The fourth-order valence-corrected chi connectivity index (χ4v) is 8.12. The number of carbonyl (C=O) groups excluding carboxylic acids is 2. The molecule has 50 heavy (non-hydrogen) atoms. The first-order valence-electron chi connectivity index (χ1n) is 16.2. The highest BCUT2D eigenvalue weighted by Gasteiger charge is 2.45. The van der Waals surface area contributed by atoms with Gasteiger partial charge in [-0.25, -0.2) is 13.1 Å². The van der Waals surface area contributed by atoms with Gasteiger partial charge >= 0.3 is 0 Å². The molecule has 248 valence electrons. The lowest BCUT2D eigenvalue weighted by atomic mass is 9.86. The Morgan fingerprint density at radius 2 is 1.58 bits per heavy atom. The molecule has 2 aliphatic heterocycles. The van der Waals surface area contributed by atoms with E-state index in [-0.39, 0.29) is 34.6 Å². The molecule has 1 aromatic heterocycles. The predicted octanol–water partition coefficient (Wildman–Crippen LogP) is 6.34. The third-order valence-corrected chi connectivity index (χ3v) is 10.6. The Morgan fingerprint density at radius 3 is 2.22 bits per heavy atom. The molecule has 1 fully saturated rings. The van der Waals surface area contributed by atoms with Crippen LogP contribution in [0.2, 0.25) is 0 Å². The normalized spacial score (nSPS) is 18.0. The van der Waals surface area contributed by atoms with Crippen molar-refractivity contribution in [2.75, 3.05) is 11.5 Å². The Bertz CT molecular complexity index is 2320. The number of amides is 2. The summed E-state index contributed by atoms with van der Waals surface area (Å²) in [6.07, 6.45) is 3.57. The molecule has 7 rings (SSSR count). The predicted molar refractivity (Wildman–Crippen MR) is 190 cm³/mol. The van der Waals surface area contributed by atoms with Gasteiger partial charge in [-0.05, 0) is 66.4 Å². The summed E-state index contributed by atoms with van der Waals surface area (Å²) in [4.78, 5) is 29.2. The highest BCUT2D eigenvalue weighted by Crippen LogP contribution is 2.38. The standard InChI is InChI=1S/C40H32N4O5S/c1-27-21-30(17-18-36(27)49-25-28-11-5-2-6-12-28)38-31(24-43(42-38)32-15-9-4-10-16-32)22-34-37(29-13-7-3-8-14-29)35(23-41)40(46)44(39(34)45)33-19-20-50(47,48)26-33/h2-18,21-22,24,33H,19-20,25-26H2,1H3/b34-22-. The number of ether oxygens (including phenoxy) is 1. The Kier molecular flexibility index (Phi) is 8.74. The van der Waals surface area contributed by atoms with Gasteiger partial charge in [-0.15, -0.1) is 0 Å². The summed E-state index contributed by atoms with van der Waals surface area (Å²) >= 11 is 0. The highest BCUT2D eigenvalue weighted by atomic mass is 32.2. The minimum Gasteiger partial charge on any atom is -0.489 e. The van der Waals surface area contributed by atoms with Crippen LogP contribution in [0.1, 0.15) is 28.7 Å². The molecule has 0 spiro atoms. The number of carbonyl (C=O) groups is 2. The summed E-state index contributed by atoms with van der Waals surface area (Å²) in [6.45, 7) is 2.37. The molecule has 10 heteroatoms. The number of nitrogens with zero attached hydrogens (tertiary/aromatic N) is 4. The summed E-state index contributed by atoms with van der Waals surface area (Å²) in [5.41, 5.74) is 5.20. The second-order valence-corrected chi connectivity index (χ2v) is 14.5. The monoisotopic (exact) mass is 680 g/mol. The van der Waals surface area contributed by atoms with Gasteiger partial charge in [0, 0.05) is 22.9 Å². The quantitative estimate of drug-likeness (QED) is 0.138. The van der Waals surface area contributed by atoms with Crippen molar-refractivity contribution in [2.24, 2.45) is 0 Å². The van der Waals surface area contributed by atoms with Gasteiger partial charge in [-0.3, -0.25) is 14.5 Å². The molecule has 2 amide bonds. The van der Waals surface area contributed by atoms with Crippen molar-refractivity contribution in [3.05, 3.63) is 149 Å². The zero-order valence-electron chi connectivity index (χ0n) is 27.2. The molecule has 4 aromatic carbocycles. The number of aryl methyl sites for hydroxylation is 1. The Balaban J connectivity index is 1.38. The summed E-state index contributed by atoms with van der Waals surface area (Å²) < 4.78 is 32.7. The molecule has 1 atom stereocenters. The molecule has 0 radical (unpaired) electrons. The van der Waals surface area contributed by atoms with E-state index in [0.29, 0.717) is 23.4 Å². The minimum atomic E-state index is -3.44. The van der Waals surface area contributed by atoms with Crippen LogP contribution < -0.4 is 4.74 Å². The van der Waals surface area contributed by atoms with Crippen LogP contribution in [0.5, 0.6) is 5.75 Å². The lowest BCUT2D eigenvalue weighted by Gasteiger charge is -2.32. The zero-order valence-corrected chi connectivity index (χ0v) is 28.0. The van der Waals surface area contributed by atoms with Gasteiger partial charge in [-0.1, -0.05) is 78.9 Å². The molecule has 9 nitrogen and oxygen atoms in total. The van der Waals surface area contributed by atoms with Crippen LogP contribution >= 0.6 is 0 Å². The van der Waals surface area contributed by atoms with Gasteiger partial charge in [0.25, 0.3) is 11.8 Å². The number of imide groups is 1. The number of benzene rings is 4. The summed E-state index contributed by atoms with van der Waals surface area (Å²) in [5, 5.41) is 15.3. The molecule has 0 aliphatic carbocycles. The van der Waals surface area contributed by atoms with Gasteiger partial charge < -0.3 is 4.74 Å². The second kappa shape index (κ2) is 13.5. The van der Waals surface area contributed by atoms with Gasteiger partial charge in [0.05, 0.1) is 34.5 Å². The molecule has 1 saturated heterocycles. The van der Waals surface area contributed by atoms with Crippen LogP contribution in [0.25, 0.3) is 28.6 Å². The summed E-state index contributed by atoms with van der Waals surface area (Å²) in [5.74, 6) is -1.21. The van der Waals surface area contributed by atoms with E-state index >= 15 is 0 Å². The van der Waals surface area contributed by atoms with Crippen LogP contribution in [0.4, 0.5) is 0 Å². The van der Waals surface area contributed by atoms with E-state index in [9.17, 15) is 23.3 Å². The molecule has 0 N–H and O–H groups in total. The van der Waals surface area contributed by atoms with Crippen LogP contribution in [0.3, 0.4) is 0 Å². The fourth-order valence-electron chi connectivity index (χ4n) is 6.42. The van der Waals surface area contributed by atoms with Crippen molar-refractivity contribution in [1.82, 2.24) is 14.7 Å². The van der Waals surface area contributed by atoms with Crippen molar-refractivity contribution < 1.29 is 22.7 Å². The third-order valence-electron chi connectivity index (χ3n) is 8.90. The topological polar surface area (TPSA) is 122 Å². The fraction of sp³-hybridized carbons (Fsp3) is 0.150. The van der Waals surface area contributed by atoms with Crippen molar-refractivity contribution in [2.45, 2.75) is 26.0 Å². The van der Waals surface area contributed by atoms with Crippen molar-refractivity contribution in [1.29, 1.82) is 5.26 Å². The first-order chi connectivity index (χ1) is 24.2. The van der Waals surface area contributed by atoms with Gasteiger partial charge in [0.15, 0.2) is 9.84 Å². The third kappa shape index (κ3) is 6.39. The second-order valence-electron chi connectivity index (χ2n) is 12.3. The van der Waals surface area contributed by atoms with E-state index in [1.807, 2.05) is 91.9 Å². The smallest absolute Gasteiger partial charge is 0.272 e. The van der Waals surface area contributed by atoms with Crippen molar-refractivity contribution in [3.63, 3.8) is 0 Å². The number of aromatic nitrogens is 2. The lowest BCUT2D eigenvalue weighted by Crippen LogP contribution is -2.49. The molecule has 5 aromatic rings. The number of hydrogen-bond donors (Lipinski definition) is 0. The Labute approximate surface area is 290 Å². The first-order valence-corrected chi connectivity index (χ1v) is 18.0. The highest BCUT2D eigenvalue weighted by molar-refractivity contribution is 7.91. The largest absolute Gasteiger partial charge is 0.489 e. The van der Waals surface area contributed by atoms with E-state index < -0.39 is 27.7 Å². The molecular formula is C40H32N4O5S.